The van der Waals surface area contributed by atoms with E-state index in [9.17, 15) is 18.0 Å². The summed E-state index contributed by atoms with van der Waals surface area (Å²) in [7, 11) is 0. The van der Waals surface area contributed by atoms with Gasteiger partial charge in [-0.05, 0) is 12.1 Å². The fraction of sp³-hybridized carbons (Fsp3) is 0. The van der Waals surface area contributed by atoms with Gasteiger partial charge in [0, 0.05) is 18.3 Å². The van der Waals surface area contributed by atoms with Gasteiger partial charge in [0.2, 0.25) is 0 Å². The fourth-order valence-corrected chi connectivity index (χ4v) is 1.54. The Morgan fingerprint density at radius 2 is 2.00 bits per heavy atom. The van der Waals surface area contributed by atoms with Crippen LogP contribution in [0.15, 0.2) is 30.5 Å². The lowest BCUT2D eigenvalue weighted by Crippen LogP contribution is -2.19. The normalized spacial score (nSPS) is 10.2. The molecule has 1 amide bonds. The van der Waals surface area contributed by atoms with Gasteiger partial charge in [-0.25, -0.2) is 24.0 Å². The van der Waals surface area contributed by atoms with Crippen LogP contribution in [0.4, 0.5) is 24.7 Å². The van der Waals surface area contributed by atoms with Gasteiger partial charge >= 0.3 is 0 Å². The molecule has 0 aliphatic carbocycles. The van der Waals surface area contributed by atoms with Crippen LogP contribution in [0.5, 0.6) is 0 Å². The number of carbonyl (C=O) groups excluding carboxylic acids is 1. The average Bonchev–Trinajstić information content (AvgIpc) is 2.44. The van der Waals surface area contributed by atoms with Crippen molar-refractivity contribution in [2.45, 2.75) is 0 Å². The molecular weight excluding hydrogens is 273 g/mol. The van der Waals surface area contributed by atoms with Crippen molar-refractivity contribution >= 4 is 17.4 Å². The molecule has 0 bridgehead atoms. The van der Waals surface area contributed by atoms with Crippen LogP contribution in [0, 0.1) is 17.5 Å². The molecule has 0 atom stereocenters. The van der Waals surface area contributed by atoms with E-state index in [4.69, 9.17) is 5.84 Å². The molecule has 5 nitrogen and oxygen atoms in total. The van der Waals surface area contributed by atoms with Crippen molar-refractivity contribution in [3.05, 3.63) is 53.5 Å². The number of rotatable bonds is 3. The zero-order chi connectivity index (χ0) is 14.7. The topological polar surface area (TPSA) is 80.0 Å². The maximum atomic E-state index is 13.4. The number of nitrogen functional groups attached to an aromatic ring is 1. The lowest BCUT2D eigenvalue weighted by molar-refractivity contribution is 0.102. The molecule has 4 N–H and O–H groups in total. The summed E-state index contributed by atoms with van der Waals surface area (Å²) in [6, 6.07) is 3.87. The molecule has 0 unspecified atom stereocenters. The Morgan fingerprint density at radius 1 is 1.25 bits per heavy atom. The van der Waals surface area contributed by atoms with Crippen LogP contribution < -0.4 is 16.6 Å². The number of hydrogen-bond donors (Lipinski definition) is 3. The van der Waals surface area contributed by atoms with Gasteiger partial charge in [-0.2, -0.15) is 0 Å². The first kappa shape index (κ1) is 13.8. The van der Waals surface area contributed by atoms with Gasteiger partial charge in [0.15, 0.2) is 17.5 Å². The monoisotopic (exact) mass is 282 g/mol. The van der Waals surface area contributed by atoms with Gasteiger partial charge in [-0.3, -0.25) is 4.79 Å². The molecule has 0 saturated carbocycles. The smallest absolute Gasteiger partial charge is 0.259 e. The minimum Gasteiger partial charge on any atom is -0.319 e. The Balaban J connectivity index is 2.33. The molecule has 2 aromatic rings. The van der Waals surface area contributed by atoms with Crippen LogP contribution in [0.25, 0.3) is 0 Å². The summed E-state index contributed by atoms with van der Waals surface area (Å²) < 4.78 is 39.5. The minimum atomic E-state index is -1.40. The largest absolute Gasteiger partial charge is 0.319 e. The van der Waals surface area contributed by atoms with E-state index >= 15 is 0 Å². The molecule has 0 fully saturated rings. The van der Waals surface area contributed by atoms with E-state index in [1.807, 2.05) is 0 Å². The van der Waals surface area contributed by atoms with E-state index in [2.05, 4.69) is 15.7 Å². The van der Waals surface area contributed by atoms with Crippen LogP contribution in [-0.2, 0) is 0 Å². The van der Waals surface area contributed by atoms with E-state index in [1.165, 1.54) is 18.3 Å². The van der Waals surface area contributed by atoms with Crippen molar-refractivity contribution < 1.29 is 18.0 Å². The van der Waals surface area contributed by atoms with E-state index in [0.717, 1.165) is 0 Å². The van der Waals surface area contributed by atoms with Crippen LogP contribution in [0.1, 0.15) is 10.4 Å². The maximum Gasteiger partial charge on any atom is 0.259 e. The van der Waals surface area contributed by atoms with Gasteiger partial charge in [0.1, 0.15) is 5.82 Å². The third kappa shape index (κ3) is 2.69. The zero-order valence-corrected chi connectivity index (χ0v) is 9.95. The van der Waals surface area contributed by atoms with Crippen molar-refractivity contribution in [2.75, 3.05) is 10.7 Å². The van der Waals surface area contributed by atoms with Gasteiger partial charge in [-0.1, -0.05) is 0 Å². The van der Waals surface area contributed by atoms with Crippen molar-refractivity contribution in [3.8, 4) is 0 Å². The lowest BCUT2D eigenvalue weighted by atomic mass is 10.2. The van der Waals surface area contributed by atoms with Crippen LogP contribution in [0.3, 0.4) is 0 Å². The molecule has 1 heterocycles. The van der Waals surface area contributed by atoms with Gasteiger partial charge < -0.3 is 10.7 Å². The van der Waals surface area contributed by atoms with Crippen LogP contribution in [-0.4, -0.2) is 10.9 Å². The summed E-state index contributed by atoms with van der Waals surface area (Å²) in [6.07, 6.45) is 1.38. The second-order valence-electron chi connectivity index (χ2n) is 3.75. The minimum absolute atomic E-state index is 0.000862. The average molecular weight is 282 g/mol. The highest BCUT2D eigenvalue weighted by atomic mass is 19.2. The molecule has 1 aromatic carbocycles. The molecular formula is C12H9F3N4O. The summed E-state index contributed by atoms with van der Waals surface area (Å²) in [5, 5.41) is 2.05. The Hall–Kier alpha value is -2.61. The number of nitrogens with two attached hydrogens (primary N) is 1. The second-order valence-corrected chi connectivity index (χ2v) is 3.75. The third-order valence-electron chi connectivity index (χ3n) is 2.43. The predicted molar refractivity (Wildman–Crippen MR) is 66.3 cm³/mol. The number of carbonyl (C=O) groups is 1. The summed E-state index contributed by atoms with van der Waals surface area (Å²) in [5.41, 5.74) is 1.57. The molecule has 0 radical (unpaired) electrons. The summed E-state index contributed by atoms with van der Waals surface area (Å²) in [4.78, 5) is 15.7. The number of amides is 1. The Morgan fingerprint density at radius 3 is 2.70 bits per heavy atom. The summed E-state index contributed by atoms with van der Waals surface area (Å²) in [5.74, 6) is 0.640. The molecule has 0 aliphatic rings. The van der Waals surface area contributed by atoms with E-state index in [-0.39, 0.29) is 11.4 Å². The second kappa shape index (κ2) is 5.57. The number of hydrazine groups is 1. The summed E-state index contributed by atoms with van der Waals surface area (Å²) in [6.45, 7) is 0. The first-order valence-corrected chi connectivity index (χ1v) is 5.40. The Bertz CT molecular complexity index is 663. The standard InChI is InChI=1S/C12H9F3N4O/c13-6-4-8(14)10(15)9(5-6)18-12(20)7-2-1-3-17-11(7)19-16/h1-5H,16H2,(H,17,19)(H,18,20). The van der Waals surface area contributed by atoms with Crippen molar-refractivity contribution in [2.24, 2.45) is 5.84 Å². The molecule has 20 heavy (non-hydrogen) atoms. The molecule has 8 heteroatoms. The number of hydrogen-bond acceptors (Lipinski definition) is 4. The number of pyridine rings is 1. The highest BCUT2D eigenvalue weighted by Crippen LogP contribution is 2.21. The third-order valence-corrected chi connectivity index (χ3v) is 2.43. The molecule has 1 aromatic heterocycles. The highest BCUT2D eigenvalue weighted by molar-refractivity contribution is 6.07. The number of nitrogens with one attached hydrogen (secondary N) is 2. The van der Waals surface area contributed by atoms with E-state index in [0.29, 0.717) is 12.1 Å². The first-order valence-electron chi connectivity index (χ1n) is 5.40. The van der Waals surface area contributed by atoms with Gasteiger partial charge in [0.05, 0.1) is 11.3 Å². The fourth-order valence-electron chi connectivity index (χ4n) is 1.54. The zero-order valence-electron chi connectivity index (χ0n) is 9.95. The maximum absolute atomic E-state index is 13.4. The first-order chi connectivity index (χ1) is 9.52. The number of aromatic nitrogens is 1. The summed E-state index contributed by atoms with van der Waals surface area (Å²) >= 11 is 0. The van der Waals surface area contributed by atoms with Gasteiger partial charge in [-0.15, -0.1) is 0 Å². The van der Waals surface area contributed by atoms with Crippen molar-refractivity contribution in [3.63, 3.8) is 0 Å². The molecule has 0 spiro atoms. The van der Waals surface area contributed by atoms with Crippen molar-refractivity contribution in [1.82, 2.24) is 4.98 Å². The lowest BCUT2D eigenvalue weighted by Gasteiger charge is -2.09. The number of nitrogens with zero attached hydrogens (tertiary/aromatic N) is 1. The predicted octanol–water partition coefficient (Wildman–Crippen LogP) is 2.04. The van der Waals surface area contributed by atoms with Crippen molar-refractivity contribution in [1.29, 1.82) is 0 Å². The van der Waals surface area contributed by atoms with Gasteiger partial charge in [0.25, 0.3) is 5.91 Å². The molecule has 2 rings (SSSR count). The molecule has 0 aliphatic heterocycles. The number of benzene rings is 1. The Labute approximate surface area is 111 Å². The molecule has 104 valence electrons. The SMILES string of the molecule is NNc1ncccc1C(=O)Nc1cc(F)cc(F)c1F. The van der Waals surface area contributed by atoms with Crippen LogP contribution >= 0.6 is 0 Å². The number of anilines is 2. The molecule has 0 saturated heterocycles. The number of halogens is 3. The van der Waals surface area contributed by atoms with E-state index in [1.54, 1.807) is 0 Å². The van der Waals surface area contributed by atoms with E-state index < -0.39 is 29.0 Å². The quantitative estimate of drug-likeness (QED) is 0.457. The highest BCUT2D eigenvalue weighted by Gasteiger charge is 2.16. The van der Waals surface area contributed by atoms with Crippen LogP contribution in [0.2, 0.25) is 0 Å². The Kier molecular flexibility index (Phi) is 3.85.